The van der Waals surface area contributed by atoms with E-state index in [0.29, 0.717) is 9.28 Å². The summed E-state index contributed by atoms with van der Waals surface area (Å²) in [6.45, 7) is 0.393. The van der Waals surface area contributed by atoms with Crippen LogP contribution in [0.3, 0.4) is 0 Å². The van der Waals surface area contributed by atoms with Crippen LogP contribution < -0.4 is 10.6 Å². The molecule has 0 heterocycles. The topological polar surface area (TPSA) is 124 Å². The molecule has 1 unspecified atom stereocenters. The summed E-state index contributed by atoms with van der Waals surface area (Å²) >= 11 is 7.51. The van der Waals surface area contributed by atoms with Gasteiger partial charge in [-0.1, -0.05) is 72.3 Å². The van der Waals surface area contributed by atoms with Crippen LogP contribution >= 0.6 is 34.2 Å². The Morgan fingerprint density at radius 3 is 2.11 bits per heavy atom. The van der Waals surface area contributed by atoms with Crippen LogP contribution in [0.4, 0.5) is 0 Å². The molecule has 0 radical (unpaired) electrons. The Bertz CT molecular complexity index is 1060. The van der Waals surface area contributed by atoms with E-state index in [9.17, 15) is 9.59 Å². The molecule has 0 aliphatic rings. The highest BCUT2D eigenvalue weighted by Crippen LogP contribution is 2.08. The summed E-state index contributed by atoms with van der Waals surface area (Å²) in [5, 5.41) is 20.6. The summed E-state index contributed by atoms with van der Waals surface area (Å²) in [6.07, 6.45) is 3.74. The van der Waals surface area contributed by atoms with Crippen LogP contribution in [0.1, 0.15) is 17.5 Å². The van der Waals surface area contributed by atoms with Crippen LogP contribution in [0.25, 0.3) is 0 Å². The van der Waals surface area contributed by atoms with E-state index >= 15 is 0 Å². The molecular formula is C25H26ClIN4O4. The Hall–Kier alpha value is -3.18. The van der Waals surface area contributed by atoms with Crippen molar-refractivity contribution < 1.29 is 19.1 Å². The van der Waals surface area contributed by atoms with Gasteiger partial charge in [-0.05, 0) is 33.7 Å². The number of allylic oxidation sites excluding steroid dienone is 1. The first-order valence-electron chi connectivity index (χ1n) is 10.6. The molecule has 2 aromatic carbocycles. The van der Waals surface area contributed by atoms with Crippen molar-refractivity contribution in [3.8, 4) is 0 Å². The maximum atomic E-state index is 12.8. The van der Waals surface area contributed by atoms with E-state index in [1.807, 2.05) is 83.3 Å². The van der Waals surface area contributed by atoms with Crippen molar-refractivity contribution in [3.05, 3.63) is 93.3 Å². The van der Waals surface area contributed by atoms with Crippen LogP contribution in [-0.2, 0) is 32.3 Å². The van der Waals surface area contributed by atoms with E-state index in [2.05, 4.69) is 10.6 Å². The fourth-order valence-electron chi connectivity index (χ4n) is 2.70. The zero-order chi connectivity index (χ0) is 25.5. The Kier molecular flexibility index (Phi) is 12.6. The predicted molar refractivity (Wildman–Crippen MR) is 145 cm³/mol. The smallest absolute Gasteiger partial charge is 0.329 e. The number of nitrogens with one attached hydrogen (secondary N) is 4. The molecule has 0 spiro atoms. The van der Waals surface area contributed by atoms with Crippen molar-refractivity contribution in [3.63, 3.8) is 0 Å². The van der Waals surface area contributed by atoms with Crippen molar-refractivity contribution in [2.75, 3.05) is 6.54 Å². The lowest BCUT2D eigenvalue weighted by Crippen LogP contribution is -2.38. The van der Waals surface area contributed by atoms with Crippen molar-refractivity contribution in [2.45, 2.75) is 25.7 Å². The third-order valence-electron chi connectivity index (χ3n) is 4.49. The molecular weight excluding hydrogens is 583 g/mol. The average molecular weight is 609 g/mol. The standard InChI is InChI=1S/C25H26ClIN4O4/c26-22(29)12-23(27)31-15-20(13-28)14-30-21(25(33)35-17-19-9-5-2-6-10-19)11-24(32)34-16-18-7-3-1-4-8-18/h1-10,12-14,21,28-31H,11,15-17H2/b20-14+,23-12-,28-13?,29-22?. The van der Waals surface area contributed by atoms with Crippen LogP contribution in [0.5, 0.6) is 0 Å². The van der Waals surface area contributed by atoms with E-state index in [4.69, 9.17) is 31.9 Å². The fraction of sp³-hybridized carbons (Fsp3) is 0.200. The second-order valence-electron chi connectivity index (χ2n) is 7.22. The van der Waals surface area contributed by atoms with Gasteiger partial charge in [0.15, 0.2) is 0 Å². The second-order valence-corrected chi connectivity index (χ2v) is 8.79. The van der Waals surface area contributed by atoms with E-state index < -0.39 is 18.0 Å². The molecule has 184 valence electrons. The molecule has 2 aromatic rings. The molecule has 10 heteroatoms. The fourth-order valence-corrected chi connectivity index (χ4v) is 3.50. The van der Waals surface area contributed by atoms with Gasteiger partial charge in [0.2, 0.25) is 0 Å². The predicted octanol–water partition coefficient (Wildman–Crippen LogP) is 4.44. The number of hydrogen-bond acceptors (Lipinski definition) is 8. The maximum Gasteiger partial charge on any atom is 0.329 e. The molecule has 0 fully saturated rings. The molecule has 4 N–H and O–H groups in total. The van der Waals surface area contributed by atoms with Gasteiger partial charge >= 0.3 is 11.9 Å². The van der Waals surface area contributed by atoms with Crippen LogP contribution in [0, 0.1) is 10.8 Å². The zero-order valence-electron chi connectivity index (χ0n) is 18.8. The lowest BCUT2D eigenvalue weighted by molar-refractivity contribution is -0.153. The highest BCUT2D eigenvalue weighted by molar-refractivity contribution is 14.1. The molecule has 0 bridgehead atoms. The average Bonchev–Trinajstić information content (AvgIpc) is 2.86. The quantitative estimate of drug-likeness (QED) is 0.109. The summed E-state index contributed by atoms with van der Waals surface area (Å²) in [5.74, 6) is -1.19. The highest BCUT2D eigenvalue weighted by atomic mass is 127. The molecule has 0 aromatic heterocycles. The molecule has 0 saturated heterocycles. The van der Waals surface area contributed by atoms with E-state index in [0.717, 1.165) is 17.3 Å². The summed E-state index contributed by atoms with van der Waals surface area (Å²) < 4.78 is 11.3. The first kappa shape index (κ1) is 28.1. The minimum atomic E-state index is -1.01. The third-order valence-corrected chi connectivity index (χ3v) is 5.29. The summed E-state index contributed by atoms with van der Waals surface area (Å²) in [5.41, 5.74) is 2.14. The van der Waals surface area contributed by atoms with E-state index in [1.54, 1.807) is 0 Å². The minimum absolute atomic E-state index is 0.0625. The lowest BCUT2D eigenvalue weighted by Gasteiger charge is -2.17. The largest absolute Gasteiger partial charge is 0.461 e. The Balaban J connectivity index is 2.03. The molecule has 1 atom stereocenters. The summed E-state index contributed by atoms with van der Waals surface area (Å²) in [6, 6.07) is 17.4. The van der Waals surface area contributed by atoms with E-state index in [-0.39, 0.29) is 31.4 Å². The van der Waals surface area contributed by atoms with Gasteiger partial charge in [-0.15, -0.1) is 0 Å². The van der Waals surface area contributed by atoms with Gasteiger partial charge in [-0.25, -0.2) is 4.79 Å². The SMILES string of the molecule is N=C/C(=C\NC(CC(=O)OCc1ccccc1)C(=O)OCc1ccccc1)CN/C(I)=C\C(=N)Cl. The second kappa shape index (κ2) is 15.7. The number of hydrogen-bond donors (Lipinski definition) is 4. The molecule has 0 aliphatic heterocycles. The van der Waals surface area contributed by atoms with Gasteiger partial charge < -0.3 is 25.5 Å². The number of carbonyl (C=O) groups is 2. The molecule has 0 saturated carbocycles. The number of rotatable bonds is 14. The van der Waals surface area contributed by atoms with Gasteiger partial charge in [0, 0.05) is 30.6 Å². The summed E-state index contributed by atoms with van der Waals surface area (Å²) in [4.78, 5) is 25.2. The highest BCUT2D eigenvalue weighted by Gasteiger charge is 2.23. The van der Waals surface area contributed by atoms with Crippen molar-refractivity contribution in [2.24, 2.45) is 0 Å². The lowest BCUT2D eigenvalue weighted by atomic mass is 10.2. The van der Waals surface area contributed by atoms with Gasteiger partial charge in [-0.3, -0.25) is 10.2 Å². The first-order chi connectivity index (χ1) is 16.9. The number of halogens is 2. The normalized spacial score (nSPS) is 12.3. The Labute approximate surface area is 222 Å². The number of benzene rings is 2. The minimum Gasteiger partial charge on any atom is -0.461 e. The van der Waals surface area contributed by atoms with Gasteiger partial charge in [0.1, 0.15) is 24.4 Å². The van der Waals surface area contributed by atoms with E-state index in [1.165, 1.54) is 12.3 Å². The zero-order valence-corrected chi connectivity index (χ0v) is 21.7. The monoisotopic (exact) mass is 608 g/mol. The third kappa shape index (κ3) is 11.7. The first-order valence-corrected chi connectivity index (χ1v) is 12.0. The maximum absolute atomic E-state index is 12.8. The van der Waals surface area contributed by atoms with Gasteiger partial charge in [0.25, 0.3) is 0 Å². The van der Waals surface area contributed by atoms with Crippen molar-refractivity contribution in [1.29, 1.82) is 10.8 Å². The van der Waals surface area contributed by atoms with Crippen LogP contribution in [0.15, 0.2) is 82.2 Å². The van der Waals surface area contributed by atoms with Crippen LogP contribution in [0.2, 0.25) is 0 Å². The molecule has 8 nitrogen and oxygen atoms in total. The molecule has 2 rings (SSSR count). The van der Waals surface area contributed by atoms with Gasteiger partial charge in [-0.2, -0.15) is 0 Å². The van der Waals surface area contributed by atoms with Crippen LogP contribution in [-0.4, -0.2) is 35.9 Å². The van der Waals surface area contributed by atoms with Crippen molar-refractivity contribution >= 4 is 57.5 Å². The number of esters is 2. The Morgan fingerprint density at radius 2 is 1.57 bits per heavy atom. The number of carbonyl (C=O) groups excluding carboxylic acids is 2. The molecule has 0 amide bonds. The summed E-state index contributed by atoms with van der Waals surface area (Å²) in [7, 11) is 0. The van der Waals surface area contributed by atoms with Gasteiger partial charge in [0.05, 0.1) is 10.1 Å². The molecule has 0 aliphatic carbocycles. The number of ether oxygens (including phenoxy) is 2. The Morgan fingerprint density at radius 1 is 1.00 bits per heavy atom. The molecule has 35 heavy (non-hydrogen) atoms. The van der Waals surface area contributed by atoms with Crippen molar-refractivity contribution in [1.82, 2.24) is 10.6 Å².